The van der Waals surface area contributed by atoms with Crippen molar-refractivity contribution >= 4 is 17.0 Å². The topological polar surface area (TPSA) is 43.4 Å². The summed E-state index contributed by atoms with van der Waals surface area (Å²) >= 11 is 1.58. The number of benzene rings is 1. The molecule has 0 saturated carbocycles. The van der Waals surface area contributed by atoms with E-state index < -0.39 is 0 Å². The fourth-order valence-electron chi connectivity index (χ4n) is 2.16. The van der Waals surface area contributed by atoms with Crippen molar-refractivity contribution < 1.29 is 9.47 Å². The average Bonchev–Trinajstić information content (AvgIpc) is 3.06. The van der Waals surface area contributed by atoms with Crippen LogP contribution in [0.3, 0.4) is 0 Å². The molecule has 0 bridgehead atoms. The Labute approximate surface area is 128 Å². The van der Waals surface area contributed by atoms with Crippen LogP contribution >= 0.6 is 11.3 Å². The maximum atomic E-state index is 5.85. The van der Waals surface area contributed by atoms with E-state index in [4.69, 9.17) is 9.47 Å². The van der Waals surface area contributed by atoms with Crippen LogP contribution in [0, 0.1) is 0 Å². The first-order valence-corrected chi connectivity index (χ1v) is 7.99. The molecule has 0 spiro atoms. The molecule has 1 aromatic heterocycles. The van der Waals surface area contributed by atoms with Crippen LogP contribution in [-0.2, 0) is 11.3 Å². The molecule has 0 saturated heterocycles. The summed E-state index contributed by atoms with van der Waals surface area (Å²) in [6.07, 6.45) is 6.20. The van der Waals surface area contributed by atoms with Gasteiger partial charge in [0.15, 0.2) is 0 Å². The third-order valence-corrected chi connectivity index (χ3v) is 3.92. The molecule has 1 N–H and O–H groups in total. The highest BCUT2D eigenvalue weighted by Gasteiger charge is 2.12. The summed E-state index contributed by atoms with van der Waals surface area (Å²) in [6.45, 7) is 1.27. The molecule has 4 nitrogen and oxygen atoms in total. The number of anilines is 1. The second kappa shape index (κ2) is 7.13. The van der Waals surface area contributed by atoms with E-state index in [1.165, 1.54) is 0 Å². The van der Waals surface area contributed by atoms with E-state index in [2.05, 4.69) is 16.4 Å². The molecule has 110 valence electrons. The lowest BCUT2D eigenvalue weighted by molar-refractivity contribution is 0.135. The zero-order valence-corrected chi connectivity index (χ0v) is 12.5. The Morgan fingerprint density at radius 3 is 3.14 bits per heavy atom. The molecule has 0 fully saturated rings. The maximum absolute atomic E-state index is 5.85. The number of para-hydroxylation sites is 2. The van der Waals surface area contributed by atoms with E-state index in [1.807, 2.05) is 35.2 Å². The molecule has 1 aliphatic heterocycles. The van der Waals surface area contributed by atoms with Crippen LogP contribution in [0.5, 0.6) is 5.75 Å². The van der Waals surface area contributed by atoms with Crippen molar-refractivity contribution in [2.45, 2.75) is 25.6 Å². The lowest BCUT2D eigenvalue weighted by atomic mass is 10.1. The largest absolute Gasteiger partial charge is 0.497 e. The van der Waals surface area contributed by atoms with Crippen LogP contribution in [0.2, 0.25) is 0 Å². The minimum atomic E-state index is 0.224. The Morgan fingerprint density at radius 1 is 1.38 bits per heavy atom. The summed E-state index contributed by atoms with van der Waals surface area (Å²) in [5.41, 5.74) is 3.76. The highest BCUT2D eigenvalue weighted by Crippen LogP contribution is 2.25. The molecule has 1 unspecified atom stereocenters. The van der Waals surface area contributed by atoms with Gasteiger partial charge in [0.1, 0.15) is 18.5 Å². The van der Waals surface area contributed by atoms with Gasteiger partial charge in [-0.3, -0.25) is 0 Å². The van der Waals surface area contributed by atoms with Crippen LogP contribution < -0.4 is 10.1 Å². The van der Waals surface area contributed by atoms with Crippen LogP contribution in [0.4, 0.5) is 5.69 Å². The zero-order valence-electron chi connectivity index (χ0n) is 11.7. The van der Waals surface area contributed by atoms with Gasteiger partial charge in [-0.05, 0) is 31.1 Å². The number of thiazole rings is 1. The Kier molecular flexibility index (Phi) is 4.74. The Balaban J connectivity index is 1.58. The van der Waals surface area contributed by atoms with Gasteiger partial charge in [-0.15, -0.1) is 11.3 Å². The number of hydrogen-bond donors (Lipinski definition) is 1. The predicted octanol–water partition coefficient (Wildman–Crippen LogP) is 3.83. The number of aromatic nitrogens is 1. The van der Waals surface area contributed by atoms with Crippen molar-refractivity contribution in [1.82, 2.24) is 4.98 Å². The van der Waals surface area contributed by atoms with E-state index >= 15 is 0 Å². The molecule has 1 aliphatic rings. The van der Waals surface area contributed by atoms with Gasteiger partial charge in [0, 0.05) is 5.38 Å². The Morgan fingerprint density at radius 2 is 2.33 bits per heavy atom. The van der Waals surface area contributed by atoms with Crippen molar-refractivity contribution in [2.75, 3.05) is 11.9 Å². The molecule has 5 heteroatoms. The smallest absolute Gasteiger partial charge is 0.142 e. The molecule has 2 aromatic rings. The van der Waals surface area contributed by atoms with Crippen molar-refractivity contribution in [3.8, 4) is 5.75 Å². The van der Waals surface area contributed by atoms with Crippen molar-refractivity contribution in [2.24, 2.45) is 0 Å². The lowest BCUT2D eigenvalue weighted by Gasteiger charge is -2.21. The third-order valence-electron chi connectivity index (χ3n) is 3.29. The monoisotopic (exact) mass is 302 g/mol. The summed E-state index contributed by atoms with van der Waals surface area (Å²) in [4.78, 5) is 4.23. The minimum Gasteiger partial charge on any atom is -0.497 e. The summed E-state index contributed by atoms with van der Waals surface area (Å²) in [6, 6.07) is 7.96. The van der Waals surface area contributed by atoms with E-state index in [-0.39, 0.29) is 6.10 Å². The van der Waals surface area contributed by atoms with Gasteiger partial charge in [0.25, 0.3) is 0 Å². The predicted molar refractivity (Wildman–Crippen MR) is 84.6 cm³/mol. The molecule has 1 atom stereocenters. The number of ether oxygens (including phenoxy) is 2. The Hall–Kier alpha value is -2.01. The summed E-state index contributed by atoms with van der Waals surface area (Å²) < 4.78 is 11.4. The summed E-state index contributed by atoms with van der Waals surface area (Å²) in [7, 11) is 0. The fraction of sp³-hybridized carbons (Fsp3) is 0.312. The van der Waals surface area contributed by atoms with E-state index in [0.717, 1.165) is 36.5 Å². The minimum absolute atomic E-state index is 0.224. The van der Waals surface area contributed by atoms with Crippen LogP contribution in [0.25, 0.3) is 0 Å². The molecular formula is C16H18N2O2S. The second-order valence-corrected chi connectivity index (χ2v) is 5.57. The molecule has 2 heterocycles. The van der Waals surface area contributed by atoms with E-state index in [1.54, 1.807) is 17.6 Å². The van der Waals surface area contributed by atoms with E-state index in [9.17, 15) is 0 Å². The Bertz CT molecular complexity index is 584. The van der Waals surface area contributed by atoms with Crippen LogP contribution in [-0.4, -0.2) is 17.6 Å². The number of hydrogen-bond acceptors (Lipinski definition) is 5. The first kappa shape index (κ1) is 13.9. The summed E-state index contributed by atoms with van der Waals surface area (Å²) in [5, 5.41) is 5.41. The standard InChI is InChI=1S/C16H18N2O2S/c1-2-7-16(20-10-13-11-21-12-18-13)15(6-1)17-9-14-5-3-4-8-19-14/h1-2,4,6-8,11-12,14,17H,3,5,9-10H2. The maximum Gasteiger partial charge on any atom is 0.142 e. The van der Waals surface area contributed by atoms with Gasteiger partial charge in [-0.2, -0.15) is 0 Å². The summed E-state index contributed by atoms with van der Waals surface area (Å²) in [5.74, 6) is 0.844. The van der Waals surface area contributed by atoms with E-state index in [0.29, 0.717) is 6.61 Å². The first-order valence-electron chi connectivity index (χ1n) is 7.05. The number of nitrogens with one attached hydrogen (secondary N) is 1. The van der Waals surface area contributed by atoms with Gasteiger partial charge in [-0.25, -0.2) is 4.98 Å². The highest BCUT2D eigenvalue weighted by molar-refractivity contribution is 7.07. The fourth-order valence-corrected chi connectivity index (χ4v) is 2.70. The quantitative estimate of drug-likeness (QED) is 0.881. The molecule has 3 rings (SSSR count). The van der Waals surface area contributed by atoms with Crippen molar-refractivity contribution in [1.29, 1.82) is 0 Å². The third kappa shape index (κ3) is 3.98. The van der Waals surface area contributed by atoms with Gasteiger partial charge in [0.2, 0.25) is 0 Å². The lowest BCUT2D eigenvalue weighted by Crippen LogP contribution is -2.23. The van der Waals surface area contributed by atoms with Crippen molar-refractivity contribution in [3.63, 3.8) is 0 Å². The SMILES string of the molecule is C1=COC(CNc2ccccc2OCc2cscn2)CC1. The number of rotatable bonds is 6. The van der Waals surface area contributed by atoms with Crippen LogP contribution in [0.15, 0.2) is 47.5 Å². The second-order valence-electron chi connectivity index (χ2n) is 4.85. The molecule has 0 radical (unpaired) electrons. The van der Waals surface area contributed by atoms with Crippen LogP contribution in [0.1, 0.15) is 18.5 Å². The number of nitrogens with zero attached hydrogens (tertiary/aromatic N) is 1. The molecule has 0 amide bonds. The first-order chi connectivity index (χ1) is 10.4. The molecular weight excluding hydrogens is 284 g/mol. The molecule has 21 heavy (non-hydrogen) atoms. The number of allylic oxidation sites excluding steroid dienone is 1. The van der Waals surface area contributed by atoms with Gasteiger partial charge >= 0.3 is 0 Å². The molecule has 0 aliphatic carbocycles. The normalized spacial score (nSPS) is 17.2. The average molecular weight is 302 g/mol. The van der Waals surface area contributed by atoms with Gasteiger partial charge < -0.3 is 14.8 Å². The van der Waals surface area contributed by atoms with Crippen molar-refractivity contribution in [3.05, 3.63) is 53.2 Å². The zero-order chi connectivity index (χ0) is 14.3. The highest BCUT2D eigenvalue weighted by atomic mass is 32.1. The van der Waals surface area contributed by atoms with Gasteiger partial charge in [0.05, 0.1) is 29.7 Å². The van der Waals surface area contributed by atoms with Gasteiger partial charge in [-0.1, -0.05) is 12.1 Å². The molecule has 1 aromatic carbocycles.